The molecule has 1 aliphatic rings. The molecule has 0 spiro atoms. The molecule has 1 saturated heterocycles. The lowest BCUT2D eigenvalue weighted by atomic mass is 10.2. The average molecular weight is 497 g/mol. The number of carbonyl (C=O) groups excluding carboxylic acids is 1. The topological polar surface area (TPSA) is 51.2 Å². The van der Waals surface area contributed by atoms with E-state index in [1.54, 1.807) is 4.90 Å². The molecule has 1 atom stereocenters. The number of nitrogens with zero attached hydrogens (tertiary/aromatic N) is 2. The lowest BCUT2D eigenvalue weighted by Crippen LogP contribution is -2.54. The second kappa shape index (κ2) is 10.1. The van der Waals surface area contributed by atoms with Crippen LogP contribution in [0.3, 0.4) is 0 Å². The van der Waals surface area contributed by atoms with Gasteiger partial charge in [0.1, 0.15) is 17.1 Å². The number of amides is 1. The summed E-state index contributed by atoms with van der Waals surface area (Å²) < 4.78 is 52.6. The van der Waals surface area contributed by atoms with Crippen LogP contribution in [0.15, 0.2) is 22.7 Å². The van der Waals surface area contributed by atoms with Crippen LogP contribution in [-0.2, 0) is 4.74 Å². The summed E-state index contributed by atoms with van der Waals surface area (Å²) in [6, 6.07) is 4.05. The minimum atomic E-state index is -4.75. The van der Waals surface area contributed by atoms with Crippen molar-refractivity contribution < 1.29 is 32.2 Å². The van der Waals surface area contributed by atoms with E-state index < -0.39 is 12.0 Å². The fraction of sp³-hybridized carbons (Fsp3) is 0.650. The molecule has 0 bridgehead atoms. The van der Waals surface area contributed by atoms with Crippen LogP contribution >= 0.6 is 15.9 Å². The number of carbonyl (C=O) groups is 1. The van der Waals surface area contributed by atoms with Crippen LogP contribution in [-0.4, -0.2) is 66.7 Å². The van der Waals surface area contributed by atoms with Crippen molar-refractivity contribution in [3.05, 3.63) is 22.7 Å². The molecule has 170 valence electrons. The molecule has 1 amide bonds. The van der Waals surface area contributed by atoms with E-state index in [2.05, 4.69) is 25.6 Å². The van der Waals surface area contributed by atoms with Crippen LogP contribution in [0.4, 0.5) is 18.0 Å². The summed E-state index contributed by atoms with van der Waals surface area (Å²) in [7, 11) is 0. The van der Waals surface area contributed by atoms with Gasteiger partial charge in [0.25, 0.3) is 0 Å². The Balaban J connectivity index is 1.77. The second-order valence-electron chi connectivity index (χ2n) is 8.15. The summed E-state index contributed by atoms with van der Waals surface area (Å²) in [5.41, 5.74) is -0.522. The number of halogens is 4. The molecule has 1 fully saturated rings. The molecule has 30 heavy (non-hydrogen) atoms. The Bertz CT molecular complexity index is 725. The van der Waals surface area contributed by atoms with E-state index in [-0.39, 0.29) is 17.9 Å². The Morgan fingerprint density at radius 1 is 1.23 bits per heavy atom. The number of hydrogen-bond acceptors (Lipinski definition) is 5. The van der Waals surface area contributed by atoms with E-state index >= 15 is 0 Å². The summed E-state index contributed by atoms with van der Waals surface area (Å²) in [5, 5.41) is 0. The Labute approximate surface area is 183 Å². The van der Waals surface area contributed by atoms with Crippen LogP contribution in [0.5, 0.6) is 11.5 Å². The van der Waals surface area contributed by atoms with Crippen LogP contribution in [0.25, 0.3) is 0 Å². The maximum Gasteiger partial charge on any atom is 0.573 e. The molecule has 6 nitrogen and oxygen atoms in total. The average Bonchev–Trinajstić information content (AvgIpc) is 2.59. The molecule has 0 aliphatic carbocycles. The molecule has 1 aliphatic heterocycles. The van der Waals surface area contributed by atoms with Crippen molar-refractivity contribution in [1.29, 1.82) is 0 Å². The van der Waals surface area contributed by atoms with E-state index in [0.717, 1.165) is 13.1 Å². The lowest BCUT2D eigenvalue weighted by Gasteiger charge is -2.40. The van der Waals surface area contributed by atoms with Crippen molar-refractivity contribution in [3.8, 4) is 11.5 Å². The molecule has 1 aromatic carbocycles. The Kier molecular flexibility index (Phi) is 8.27. The first-order valence-corrected chi connectivity index (χ1v) is 10.5. The molecule has 1 heterocycles. The number of hydrogen-bond donors (Lipinski definition) is 0. The summed E-state index contributed by atoms with van der Waals surface area (Å²) in [6.45, 7) is 10.5. The molecule has 0 aromatic heterocycles. The zero-order valence-corrected chi connectivity index (χ0v) is 19.2. The van der Waals surface area contributed by atoms with Gasteiger partial charge in [-0.3, -0.25) is 4.90 Å². The summed E-state index contributed by atoms with van der Waals surface area (Å²) in [4.78, 5) is 16.2. The van der Waals surface area contributed by atoms with E-state index in [9.17, 15) is 18.0 Å². The van der Waals surface area contributed by atoms with Crippen molar-refractivity contribution in [3.63, 3.8) is 0 Å². The quantitative estimate of drug-likeness (QED) is 0.515. The molecule has 0 saturated carbocycles. The second-order valence-corrected chi connectivity index (χ2v) is 9.01. The normalized spacial score (nSPS) is 18.3. The third-order valence-electron chi connectivity index (χ3n) is 4.40. The standard InChI is InChI=1S/C20H28BrF3N2O4/c1-14-13-26(18(27)30-19(2,3)4)10-9-25(14)8-5-11-28-17-12-15(6-7-16(17)21)29-20(22,23)24/h6-7,12,14H,5,8-11,13H2,1-4H3/t14-/m0/s1. The SMILES string of the molecule is C[C@H]1CN(C(=O)OC(C)(C)C)CCN1CCCOc1cc(OC(F)(F)F)ccc1Br. The van der Waals surface area contributed by atoms with Gasteiger partial charge in [-0.25, -0.2) is 4.79 Å². The van der Waals surface area contributed by atoms with E-state index in [1.165, 1.54) is 18.2 Å². The smallest absolute Gasteiger partial charge is 0.492 e. The van der Waals surface area contributed by atoms with Crippen LogP contribution < -0.4 is 9.47 Å². The monoisotopic (exact) mass is 496 g/mol. The minimum absolute atomic E-state index is 0.168. The first-order chi connectivity index (χ1) is 13.8. The highest BCUT2D eigenvalue weighted by molar-refractivity contribution is 9.10. The van der Waals surface area contributed by atoms with Gasteiger partial charge in [0, 0.05) is 38.3 Å². The highest BCUT2D eigenvalue weighted by Gasteiger charge is 2.31. The third-order valence-corrected chi connectivity index (χ3v) is 5.06. The molecule has 10 heteroatoms. The number of rotatable bonds is 6. The molecular formula is C20H28BrF3N2O4. The maximum absolute atomic E-state index is 12.4. The molecule has 0 radical (unpaired) electrons. The van der Waals surface area contributed by atoms with Crippen LogP contribution in [0.1, 0.15) is 34.1 Å². The van der Waals surface area contributed by atoms with Gasteiger partial charge < -0.3 is 19.1 Å². The van der Waals surface area contributed by atoms with E-state index in [1.807, 2.05) is 27.7 Å². The molecule has 0 N–H and O–H groups in total. The number of benzene rings is 1. The van der Waals surface area contributed by atoms with Crippen molar-refractivity contribution >= 4 is 22.0 Å². The fourth-order valence-electron chi connectivity index (χ4n) is 3.06. The van der Waals surface area contributed by atoms with Crippen LogP contribution in [0.2, 0.25) is 0 Å². The Morgan fingerprint density at radius 3 is 2.53 bits per heavy atom. The first kappa shape index (κ1) is 24.6. The van der Waals surface area contributed by atoms with Gasteiger partial charge in [0.15, 0.2) is 0 Å². The summed E-state index contributed by atoms with van der Waals surface area (Å²) >= 11 is 3.27. The largest absolute Gasteiger partial charge is 0.573 e. The highest BCUT2D eigenvalue weighted by Crippen LogP contribution is 2.32. The Morgan fingerprint density at radius 2 is 1.93 bits per heavy atom. The van der Waals surface area contributed by atoms with Crippen molar-refractivity contribution in [1.82, 2.24) is 9.80 Å². The zero-order valence-electron chi connectivity index (χ0n) is 17.6. The minimum Gasteiger partial charge on any atom is -0.492 e. The zero-order chi connectivity index (χ0) is 22.5. The van der Waals surface area contributed by atoms with E-state index in [4.69, 9.17) is 9.47 Å². The van der Waals surface area contributed by atoms with Gasteiger partial charge in [0.05, 0.1) is 11.1 Å². The van der Waals surface area contributed by atoms with Gasteiger partial charge in [-0.15, -0.1) is 13.2 Å². The van der Waals surface area contributed by atoms with Gasteiger partial charge in [-0.2, -0.15) is 0 Å². The van der Waals surface area contributed by atoms with Gasteiger partial charge in [0.2, 0.25) is 0 Å². The predicted octanol–water partition coefficient (Wildman–Crippen LogP) is 5.06. The molecular weight excluding hydrogens is 469 g/mol. The molecule has 2 rings (SSSR count). The van der Waals surface area contributed by atoms with Gasteiger partial charge in [-0.1, -0.05) is 0 Å². The van der Waals surface area contributed by atoms with Crippen LogP contribution in [0, 0.1) is 0 Å². The summed E-state index contributed by atoms with van der Waals surface area (Å²) in [5.74, 6) is -0.0351. The first-order valence-electron chi connectivity index (χ1n) is 9.74. The number of alkyl halides is 3. The van der Waals surface area contributed by atoms with Crippen molar-refractivity contribution in [2.24, 2.45) is 0 Å². The maximum atomic E-state index is 12.4. The third kappa shape index (κ3) is 8.22. The van der Waals surface area contributed by atoms with Crippen molar-refractivity contribution in [2.45, 2.75) is 52.1 Å². The summed E-state index contributed by atoms with van der Waals surface area (Å²) in [6.07, 6.45) is -4.36. The predicted molar refractivity (Wildman–Crippen MR) is 110 cm³/mol. The number of piperazine rings is 1. The highest BCUT2D eigenvalue weighted by atomic mass is 79.9. The fourth-order valence-corrected chi connectivity index (χ4v) is 3.42. The lowest BCUT2D eigenvalue weighted by molar-refractivity contribution is -0.274. The van der Waals surface area contributed by atoms with E-state index in [0.29, 0.717) is 36.3 Å². The Hall–Kier alpha value is -1.68. The molecule has 1 aromatic rings. The number of ether oxygens (including phenoxy) is 3. The van der Waals surface area contributed by atoms with Gasteiger partial charge >= 0.3 is 12.5 Å². The molecule has 0 unspecified atom stereocenters. The van der Waals surface area contributed by atoms with Gasteiger partial charge in [-0.05, 0) is 62.2 Å². The van der Waals surface area contributed by atoms with Crippen molar-refractivity contribution in [2.75, 3.05) is 32.8 Å².